The third-order valence-electron chi connectivity index (χ3n) is 2.13. The van der Waals surface area contributed by atoms with Gasteiger partial charge in [0.05, 0.1) is 0 Å². The predicted molar refractivity (Wildman–Crippen MR) is 66.5 cm³/mol. The fraction of sp³-hybridized carbons (Fsp3) is 0.0714. The van der Waals surface area contributed by atoms with E-state index in [4.69, 9.17) is 9.47 Å². The highest BCUT2D eigenvalue weighted by atomic mass is 19.1. The summed E-state index contributed by atoms with van der Waals surface area (Å²) in [5.41, 5.74) is 0. The van der Waals surface area contributed by atoms with Crippen LogP contribution in [0.2, 0.25) is 0 Å². The van der Waals surface area contributed by atoms with Crippen LogP contribution in [0.25, 0.3) is 0 Å². The summed E-state index contributed by atoms with van der Waals surface area (Å²) in [6.07, 6.45) is 0. The van der Waals surface area contributed by atoms with Crippen molar-refractivity contribution in [1.29, 1.82) is 0 Å². The molecule has 0 saturated carbocycles. The molecule has 0 bridgehead atoms. The van der Waals surface area contributed by atoms with Crippen LogP contribution in [0.4, 0.5) is 8.78 Å². The van der Waals surface area contributed by atoms with Crippen LogP contribution in [0, 0.1) is 5.95 Å². The minimum atomic E-state index is -0.612. The monoisotopic (exact) mass is 263 g/mol. The lowest BCUT2D eigenvalue weighted by atomic mass is 10.3. The van der Waals surface area contributed by atoms with Gasteiger partial charge in [0.1, 0.15) is 23.9 Å². The molecule has 0 radical (unpaired) electrons. The van der Waals surface area contributed by atoms with Crippen molar-refractivity contribution in [2.75, 3.05) is 6.61 Å². The highest BCUT2D eigenvalue weighted by Crippen LogP contribution is 2.22. The predicted octanol–water partition coefficient (Wildman–Crippen LogP) is 3.88. The third-order valence-corrected chi connectivity index (χ3v) is 2.13. The maximum absolute atomic E-state index is 12.9. The molecule has 0 aliphatic rings. The van der Waals surface area contributed by atoms with Crippen molar-refractivity contribution in [2.24, 2.45) is 0 Å². The first-order valence-corrected chi connectivity index (χ1v) is 5.50. The van der Waals surface area contributed by atoms with E-state index in [-0.39, 0.29) is 12.5 Å². The quantitative estimate of drug-likeness (QED) is 0.767. The van der Waals surface area contributed by atoms with Crippen LogP contribution in [0.15, 0.2) is 54.9 Å². The molecular formula is C14H11F2NO2. The Hall–Kier alpha value is -2.43. The van der Waals surface area contributed by atoms with Gasteiger partial charge in [0.15, 0.2) is 0 Å². The Kier molecular flexibility index (Phi) is 4.07. The van der Waals surface area contributed by atoms with Gasteiger partial charge in [0.2, 0.25) is 11.8 Å². The van der Waals surface area contributed by atoms with E-state index in [1.54, 1.807) is 30.3 Å². The largest absolute Gasteiger partial charge is 0.487 e. The molecule has 2 aromatic rings. The zero-order valence-corrected chi connectivity index (χ0v) is 9.98. The molecule has 19 heavy (non-hydrogen) atoms. The fourth-order valence-corrected chi connectivity index (χ4v) is 1.33. The van der Waals surface area contributed by atoms with Gasteiger partial charge in [-0.25, -0.2) is 4.39 Å². The smallest absolute Gasteiger partial charge is 0.221 e. The topological polar surface area (TPSA) is 31.4 Å². The molecule has 0 saturated heterocycles. The number of hydrogen-bond donors (Lipinski definition) is 0. The normalized spacial score (nSPS) is 10.0. The lowest BCUT2D eigenvalue weighted by Gasteiger charge is -2.07. The summed E-state index contributed by atoms with van der Waals surface area (Å²) >= 11 is 0. The average molecular weight is 263 g/mol. The molecular weight excluding hydrogens is 252 g/mol. The van der Waals surface area contributed by atoms with Crippen molar-refractivity contribution in [1.82, 2.24) is 4.98 Å². The minimum absolute atomic E-state index is 0.158. The highest BCUT2D eigenvalue weighted by molar-refractivity contribution is 5.33. The molecule has 0 spiro atoms. The van der Waals surface area contributed by atoms with Crippen LogP contribution in [0.5, 0.6) is 17.4 Å². The van der Waals surface area contributed by atoms with Gasteiger partial charge in [-0.2, -0.15) is 9.37 Å². The molecule has 3 nitrogen and oxygen atoms in total. The Bertz CT molecular complexity index is 570. The van der Waals surface area contributed by atoms with Crippen molar-refractivity contribution in [2.45, 2.75) is 0 Å². The Labute approximate surface area is 109 Å². The number of hydrogen-bond acceptors (Lipinski definition) is 3. The molecule has 2 rings (SSSR count). The number of aromatic nitrogens is 1. The lowest BCUT2D eigenvalue weighted by molar-refractivity contribution is 0.319. The number of pyridine rings is 1. The Balaban J connectivity index is 2.00. The van der Waals surface area contributed by atoms with E-state index in [2.05, 4.69) is 11.6 Å². The van der Waals surface area contributed by atoms with Crippen molar-refractivity contribution in [3.63, 3.8) is 0 Å². The minimum Gasteiger partial charge on any atom is -0.487 e. The van der Waals surface area contributed by atoms with Crippen LogP contribution in [-0.2, 0) is 0 Å². The first-order valence-electron chi connectivity index (χ1n) is 5.50. The maximum Gasteiger partial charge on any atom is 0.221 e. The highest BCUT2D eigenvalue weighted by Gasteiger charge is 2.01. The van der Waals surface area contributed by atoms with Gasteiger partial charge in [-0.15, -0.1) is 0 Å². The second kappa shape index (κ2) is 5.95. The standard InChI is InChI=1S/C14H11F2NO2/c1-10(15)9-18-11-5-7-12(8-6-11)19-14-4-2-3-13(16)17-14/h2-8H,1,9H2. The van der Waals surface area contributed by atoms with Crippen LogP contribution >= 0.6 is 0 Å². The number of nitrogens with zero attached hydrogens (tertiary/aromatic N) is 1. The van der Waals surface area contributed by atoms with Crippen molar-refractivity contribution in [3.05, 3.63) is 60.8 Å². The van der Waals surface area contributed by atoms with E-state index < -0.39 is 11.8 Å². The van der Waals surface area contributed by atoms with Crippen LogP contribution in [-0.4, -0.2) is 11.6 Å². The summed E-state index contributed by atoms with van der Waals surface area (Å²) in [5, 5.41) is 0. The summed E-state index contributed by atoms with van der Waals surface area (Å²) in [4.78, 5) is 3.57. The maximum atomic E-state index is 12.9. The van der Waals surface area contributed by atoms with Gasteiger partial charge < -0.3 is 9.47 Å². The molecule has 0 amide bonds. The van der Waals surface area contributed by atoms with Crippen LogP contribution < -0.4 is 9.47 Å². The zero-order valence-electron chi connectivity index (χ0n) is 9.98. The molecule has 0 fully saturated rings. The second-order valence-electron chi connectivity index (χ2n) is 3.68. The fourth-order valence-electron chi connectivity index (χ4n) is 1.33. The summed E-state index contributed by atoms with van der Waals surface area (Å²) in [7, 11) is 0. The molecule has 1 aromatic heterocycles. The number of halogens is 2. The van der Waals surface area contributed by atoms with Gasteiger partial charge in [-0.05, 0) is 30.3 Å². The van der Waals surface area contributed by atoms with Crippen molar-refractivity contribution < 1.29 is 18.3 Å². The van der Waals surface area contributed by atoms with Gasteiger partial charge in [0.25, 0.3) is 0 Å². The molecule has 1 heterocycles. The van der Waals surface area contributed by atoms with E-state index in [0.29, 0.717) is 11.5 Å². The van der Waals surface area contributed by atoms with Crippen LogP contribution in [0.1, 0.15) is 0 Å². The molecule has 0 N–H and O–H groups in total. The molecule has 0 aliphatic heterocycles. The summed E-state index contributed by atoms with van der Waals surface area (Å²) in [6.45, 7) is 2.90. The second-order valence-corrected chi connectivity index (χ2v) is 3.68. The molecule has 5 heteroatoms. The first-order chi connectivity index (χ1) is 9.13. The molecule has 98 valence electrons. The molecule has 1 aromatic carbocycles. The number of benzene rings is 1. The van der Waals surface area contributed by atoms with Gasteiger partial charge in [-0.1, -0.05) is 12.6 Å². The summed E-state index contributed by atoms with van der Waals surface area (Å²) in [5.74, 6) is -0.0446. The Morgan fingerprint density at radius 2 is 1.79 bits per heavy atom. The summed E-state index contributed by atoms with van der Waals surface area (Å²) < 4.78 is 35.7. The van der Waals surface area contributed by atoms with Gasteiger partial charge >= 0.3 is 0 Å². The third kappa shape index (κ3) is 4.06. The zero-order chi connectivity index (χ0) is 13.7. The Morgan fingerprint density at radius 1 is 1.11 bits per heavy atom. The number of ether oxygens (including phenoxy) is 2. The van der Waals surface area contributed by atoms with E-state index in [0.717, 1.165) is 0 Å². The van der Waals surface area contributed by atoms with E-state index >= 15 is 0 Å². The van der Waals surface area contributed by atoms with Crippen LogP contribution in [0.3, 0.4) is 0 Å². The summed E-state index contributed by atoms with van der Waals surface area (Å²) in [6, 6.07) is 10.7. The van der Waals surface area contributed by atoms with Gasteiger partial charge in [-0.3, -0.25) is 0 Å². The lowest BCUT2D eigenvalue weighted by Crippen LogP contribution is -1.96. The SMILES string of the molecule is C=C(F)COc1ccc(Oc2cccc(F)n2)cc1. The molecule has 0 unspecified atom stereocenters. The molecule has 0 atom stereocenters. The van der Waals surface area contributed by atoms with Crippen molar-refractivity contribution in [3.8, 4) is 17.4 Å². The Morgan fingerprint density at radius 3 is 2.42 bits per heavy atom. The average Bonchev–Trinajstić information content (AvgIpc) is 2.38. The first kappa shape index (κ1) is 13.0. The van der Waals surface area contributed by atoms with E-state index in [9.17, 15) is 8.78 Å². The van der Waals surface area contributed by atoms with Gasteiger partial charge in [0, 0.05) is 6.07 Å². The van der Waals surface area contributed by atoms with E-state index in [1.807, 2.05) is 0 Å². The van der Waals surface area contributed by atoms with Crippen molar-refractivity contribution >= 4 is 0 Å². The molecule has 0 aliphatic carbocycles. The van der Waals surface area contributed by atoms with E-state index in [1.165, 1.54) is 12.1 Å². The number of rotatable bonds is 5.